The molecule has 0 radical (unpaired) electrons. The van der Waals surface area contributed by atoms with Crippen molar-refractivity contribution in [3.8, 4) is 5.75 Å². The summed E-state index contributed by atoms with van der Waals surface area (Å²) in [5, 5.41) is 6.43. The Hall–Kier alpha value is -3.88. The van der Waals surface area contributed by atoms with E-state index >= 15 is 0 Å². The molecule has 9 heteroatoms. The highest BCUT2D eigenvalue weighted by Crippen LogP contribution is 2.27. The Morgan fingerprint density at radius 1 is 1.20 bits per heavy atom. The van der Waals surface area contributed by atoms with E-state index in [1.165, 1.54) is 6.21 Å². The Balaban J connectivity index is 1.68. The average Bonchev–Trinajstić information content (AvgIpc) is 2.86. The van der Waals surface area contributed by atoms with E-state index in [2.05, 4.69) is 10.4 Å². The summed E-state index contributed by atoms with van der Waals surface area (Å²) in [5.74, 6) is 4.65. The fraction of sp³-hybridized carbons (Fsp3) is 0.385. The normalized spacial score (nSPS) is 16.7. The third-order valence-electron chi connectivity index (χ3n) is 5.94. The topological polar surface area (TPSA) is 123 Å². The highest BCUT2D eigenvalue weighted by molar-refractivity contribution is 5.98. The van der Waals surface area contributed by atoms with E-state index in [1.54, 1.807) is 43.2 Å². The number of piperidine rings is 1. The number of anilines is 1. The van der Waals surface area contributed by atoms with Gasteiger partial charge in [0.25, 0.3) is 0 Å². The van der Waals surface area contributed by atoms with Crippen molar-refractivity contribution in [1.29, 1.82) is 0 Å². The summed E-state index contributed by atoms with van der Waals surface area (Å²) >= 11 is 0. The number of nitrogens with one attached hydrogen (secondary N) is 1. The molecule has 2 amide bonds. The minimum atomic E-state index is -0.570. The molecule has 1 fully saturated rings. The predicted molar refractivity (Wildman–Crippen MR) is 133 cm³/mol. The van der Waals surface area contributed by atoms with Crippen molar-refractivity contribution in [3.05, 3.63) is 59.7 Å². The quantitative estimate of drug-likeness (QED) is 0.233. The number of benzene rings is 2. The van der Waals surface area contributed by atoms with E-state index in [1.807, 2.05) is 24.3 Å². The van der Waals surface area contributed by atoms with Gasteiger partial charge in [-0.1, -0.05) is 24.3 Å². The van der Waals surface area contributed by atoms with Crippen LogP contribution in [0.3, 0.4) is 0 Å². The molecule has 0 spiro atoms. The van der Waals surface area contributed by atoms with Crippen LogP contribution < -0.4 is 20.8 Å². The number of carbonyl (C=O) groups is 3. The van der Waals surface area contributed by atoms with Crippen molar-refractivity contribution in [2.45, 2.75) is 38.6 Å². The van der Waals surface area contributed by atoms with Crippen LogP contribution in [-0.4, -0.2) is 44.3 Å². The zero-order valence-electron chi connectivity index (χ0n) is 20.1. The maximum Gasteiger partial charge on any atom is 0.308 e. The van der Waals surface area contributed by atoms with Crippen LogP contribution in [-0.2, 0) is 19.1 Å². The molecule has 2 aromatic carbocycles. The molecule has 0 saturated carbocycles. The Morgan fingerprint density at radius 2 is 1.91 bits per heavy atom. The van der Waals surface area contributed by atoms with Gasteiger partial charge < -0.3 is 25.5 Å². The van der Waals surface area contributed by atoms with Gasteiger partial charge in [-0.25, -0.2) is 0 Å². The van der Waals surface area contributed by atoms with Crippen LogP contribution in [0.2, 0.25) is 0 Å². The summed E-state index contributed by atoms with van der Waals surface area (Å²) in [7, 11) is 1.57. The van der Waals surface area contributed by atoms with Crippen molar-refractivity contribution in [2.24, 2.45) is 16.9 Å². The zero-order valence-corrected chi connectivity index (χ0v) is 20.1. The van der Waals surface area contributed by atoms with Gasteiger partial charge in [0.1, 0.15) is 5.75 Å². The number of methoxy groups -OCH3 is 1. The van der Waals surface area contributed by atoms with Crippen molar-refractivity contribution in [2.75, 3.05) is 25.2 Å². The molecule has 1 heterocycles. The van der Waals surface area contributed by atoms with Gasteiger partial charge in [-0.2, -0.15) is 5.10 Å². The van der Waals surface area contributed by atoms with Gasteiger partial charge in [0, 0.05) is 24.6 Å². The van der Waals surface area contributed by atoms with Gasteiger partial charge in [0.15, 0.2) is 0 Å². The van der Waals surface area contributed by atoms with Gasteiger partial charge in [0.05, 0.1) is 32.4 Å². The van der Waals surface area contributed by atoms with Crippen molar-refractivity contribution >= 4 is 29.7 Å². The van der Waals surface area contributed by atoms with Crippen LogP contribution >= 0.6 is 0 Å². The van der Waals surface area contributed by atoms with Gasteiger partial charge in [-0.3, -0.25) is 14.4 Å². The van der Waals surface area contributed by atoms with Gasteiger partial charge in [-0.15, -0.1) is 0 Å². The van der Waals surface area contributed by atoms with E-state index in [-0.39, 0.29) is 31.3 Å². The molecular weight excluding hydrogens is 448 g/mol. The fourth-order valence-corrected chi connectivity index (χ4v) is 4.17. The first-order valence-electron chi connectivity index (χ1n) is 11.7. The fourth-order valence-electron chi connectivity index (χ4n) is 4.17. The largest absolute Gasteiger partial charge is 0.497 e. The number of esters is 1. The minimum Gasteiger partial charge on any atom is -0.497 e. The molecule has 9 nitrogen and oxygen atoms in total. The third-order valence-corrected chi connectivity index (χ3v) is 5.94. The molecular formula is C26H32N4O5. The molecule has 1 unspecified atom stereocenters. The molecule has 1 saturated heterocycles. The lowest BCUT2D eigenvalue weighted by molar-refractivity contribution is -0.144. The van der Waals surface area contributed by atoms with Gasteiger partial charge in [0.2, 0.25) is 11.8 Å². The first-order chi connectivity index (χ1) is 16.9. The lowest BCUT2D eigenvalue weighted by Crippen LogP contribution is -2.43. The second-order valence-corrected chi connectivity index (χ2v) is 8.31. The molecule has 0 aliphatic carbocycles. The van der Waals surface area contributed by atoms with E-state index in [0.29, 0.717) is 18.7 Å². The summed E-state index contributed by atoms with van der Waals surface area (Å²) in [5.41, 5.74) is 2.36. The molecule has 186 valence electrons. The average molecular weight is 481 g/mol. The number of carbonyl (C=O) groups excluding carboxylic acids is 3. The number of hydrazone groups is 1. The summed E-state index contributed by atoms with van der Waals surface area (Å²) in [6.07, 6.45) is 2.99. The maximum absolute atomic E-state index is 13.2. The van der Waals surface area contributed by atoms with E-state index in [9.17, 15) is 14.4 Å². The molecule has 0 aromatic heterocycles. The van der Waals surface area contributed by atoms with Crippen molar-refractivity contribution in [3.63, 3.8) is 0 Å². The molecule has 2 atom stereocenters. The summed E-state index contributed by atoms with van der Waals surface area (Å²) in [6.45, 7) is 2.59. The third kappa shape index (κ3) is 7.05. The van der Waals surface area contributed by atoms with Crippen LogP contribution in [0.1, 0.15) is 49.8 Å². The summed E-state index contributed by atoms with van der Waals surface area (Å²) < 4.78 is 10.3. The minimum absolute atomic E-state index is 0.00486. The van der Waals surface area contributed by atoms with E-state index < -0.39 is 17.9 Å². The Bertz CT molecular complexity index is 1040. The number of ether oxygens (including phenoxy) is 2. The molecule has 35 heavy (non-hydrogen) atoms. The monoisotopic (exact) mass is 480 g/mol. The maximum atomic E-state index is 13.2. The standard InChI is InChI=1S/C26H32N4O5/c1-3-35-25(32)16-23(19-8-12-22(34-2)13-9-19)29-24(31)15-20-5-4-14-30(26(20)33)21-10-6-18(7-11-21)17-28-27/h6-13,17,20,23H,3-5,14-16,27H2,1-2H3,(H,29,31)/t20?,23-/m0/s1. The molecule has 2 aromatic rings. The van der Waals surface area contributed by atoms with Crippen molar-refractivity contribution < 1.29 is 23.9 Å². The smallest absolute Gasteiger partial charge is 0.308 e. The Morgan fingerprint density at radius 3 is 2.54 bits per heavy atom. The van der Waals surface area contributed by atoms with E-state index in [4.69, 9.17) is 15.3 Å². The first kappa shape index (κ1) is 25.7. The van der Waals surface area contributed by atoms with Crippen LogP contribution in [0.4, 0.5) is 5.69 Å². The highest BCUT2D eigenvalue weighted by atomic mass is 16.5. The molecule has 0 bridgehead atoms. The Kier molecular flexibility index (Phi) is 9.23. The number of nitrogens with zero attached hydrogens (tertiary/aromatic N) is 2. The molecule has 1 aliphatic rings. The molecule has 1 aliphatic heterocycles. The van der Waals surface area contributed by atoms with Crippen LogP contribution in [0.5, 0.6) is 5.75 Å². The highest BCUT2D eigenvalue weighted by Gasteiger charge is 2.32. The summed E-state index contributed by atoms with van der Waals surface area (Å²) in [4.78, 5) is 40.0. The number of amides is 2. The number of rotatable bonds is 10. The van der Waals surface area contributed by atoms with Crippen LogP contribution in [0.25, 0.3) is 0 Å². The SMILES string of the molecule is CCOC(=O)C[C@H](NC(=O)CC1CCCN(c2ccc(C=NN)cc2)C1=O)c1ccc(OC)cc1. The number of nitrogens with two attached hydrogens (primary N) is 1. The number of hydrogen-bond donors (Lipinski definition) is 2. The van der Waals surface area contributed by atoms with E-state index in [0.717, 1.165) is 23.2 Å². The Labute approximate surface area is 205 Å². The van der Waals surface area contributed by atoms with Crippen LogP contribution in [0.15, 0.2) is 53.6 Å². The lowest BCUT2D eigenvalue weighted by Gasteiger charge is -2.32. The lowest BCUT2D eigenvalue weighted by atomic mass is 9.92. The zero-order chi connectivity index (χ0) is 25.2. The van der Waals surface area contributed by atoms with Gasteiger partial charge in [-0.05, 0) is 55.2 Å². The molecule has 3 N–H and O–H groups in total. The summed E-state index contributed by atoms with van der Waals surface area (Å²) in [6, 6.07) is 13.9. The predicted octanol–water partition coefficient (Wildman–Crippen LogP) is 2.93. The second kappa shape index (κ2) is 12.5. The van der Waals surface area contributed by atoms with Gasteiger partial charge >= 0.3 is 5.97 Å². The second-order valence-electron chi connectivity index (χ2n) is 8.31. The van der Waals surface area contributed by atoms with Crippen molar-refractivity contribution in [1.82, 2.24) is 5.32 Å². The number of hydrogen-bond acceptors (Lipinski definition) is 7. The first-order valence-corrected chi connectivity index (χ1v) is 11.7. The van der Waals surface area contributed by atoms with Crippen LogP contribution in [0, 0.1) is 5.92 Å². The molecule has 3 rings (SSSR count).